The predicted octanol–water partition coefficient (Wildman–Crippen LogP) is 8.41. The molecular formula is C42H51NO8SSi. The van der Waals surface area contributed by atoms with Gasteiger partial charge in [0.25, 0.3) is 0 Å². The maximum Gasteiger partial charge on any atom is 0.336 e. The van der Waals surface area contributed by atoms with Crippen LogP contribution in [0.3, 0.4) is 0 Å². The van der Waals surface area contributed by atoms with Crippen molar-refractivity contribution in [1.29, 1.82) is 0 Å². The minimum absolute atomic E-state index is 0.00490. The Bertz CT molecular complexity index is 1730. The maximum absolute atomic E-state index is 13.8. The monoisotopic (exact) mass is 757 g/mol. The van der Waals surface area contributed by atoms with Gasteiger partial charge in [-0.25, -0.2) is 9.59 Å². The van der Waals surface area contributed by atoms with E-state index in [1.807, 2.05) is 91.0 Å². The van der Waals surface area contributed by atoms with Crippen LogP contribution >= 0.6 is 11.8 Å². The molecular weight excluding hydrogens is 707 g/mol. The molecule has 11 heteroatoms. The van der Waals surface area contributed by atoms with Crippen molar-refractivity contribution in [2.75, 3.05) is 33.6 Å². The van der Waals surface area contributed by atoms with Gasteiger partial charge in [-0.1, -0.05) is 112 Å². The largest absolute Gasteiger partial charge is 0.543 e. The van der Waals surface area contributed by atoms with Crippen LogP contribution in [0, 0.1) is 0 Å². The molecule has 0 fully saturated rings. The lowest BCUT2D eigenvalue weighted by Crippen LogP contribution is -2.45. The SMILES string of the molecule is COC(=O)[C@H](CSCc1c(O[Si](C)(C)C(C)(C)C)cc(OC)cc1C(=O)O)N(C)C(=O)CCOC(c1ccccc1)(c1ccccc1)c1ccccc1. The highest BCUT2D eigenvalue weighted by Gasteiger charge is 2.40. The summed E-state index contributed by atoms with van der Waals surface area (Å²) >= 11 is 1.32. The first-order chi connectivity index (χ1) is 25.2. The van der Waals surface area contributed by atoms with Crippen LogP contribution in [-0.4, -0.2) is 75.8 Å². The summed E-state index contributed by atoms with van der Waals surface area (Å²) in [6.07, 6.45) is -0.00490. The number of carboxylic acids is 1. The molecule has 1 amide bonds. The first-order valence-electron chi connectivity index (χ1n) is 17.5. The van der Waals surface area contributed by atoms with Crippen molar-refractivity contribution in [3.05, 3.63) is 131 Å². The molecule has 0 bridgehead atoms. The lowest BCUT2D eigenvalue weighted by molar-refractivity contribution is -0.151. The number of amides is 1. The van der Waals surface area contributed by atoms with Gasteiger partial charge in [-0.2, -0.15) is 11.8 Å². The minimum Gasteiger partial charge on any atom is -0.543 e. The average Bonchev–Trinajstić information content (AvgIpc) is 3.15. The number of ether oxygens (including phenoxy) is 3. The zero-order chi connectivity index (χ0) is 38.8. The molecule has 0 aliphatic carbocycles. The fourth-order valence-corrected chi connectivity index (χ4v) is 7.99. The number of carbonyl (C=O) groups excluding carboxylic acids is 2. The Hall–Kier alpha value is -4.58. The topological polar surface area (TPSA) is 112 Å². The molecule has 0 heterocycles. The summed E-state index contributed by atoms with van der Waals surface area (Å²) in [7, 11) is 1.96. The van der Waals surface area contributed by atoms with Crippen LogP contribution < -0.4 is 9.16 Å². The van der Waals surface area contributed by atoms with Gasteiger partial charge in [0, 0.05) is 30.2 Å². The zero-order valence-electron chi connectivity index (χ0n) is 31.9. The summed E-state index contributed by atoms with van der Waals surface area (Å²) in [5, 5.41) is 10.0. The number of carboxylic acid groups (broad SMARTS) is 1. The molecule has 0 aromatic heterocycles. The van der Waals surface area contributed by atoms with Crippen molar-refractivity contribution in [3.63, 3.8) is 0 Å². The smallest absolute Gasteiger partial charge is 0.336 e. The first kappa shape index (κ1) is 41.2. The fourth-order valence-electron chi connectivity index (χ4n) is 5.75. The molecule has 4 aromatic rings. The summed E-state index contributed by atoms with van der Waals surface area (Å²) in [5.41, 5.74) is 2.29. The normalized spacial score (nSPS) is 12.5. The van der Waals surface area contributed by atoms with E-state index in [0.29, 0.717) is 17.1 Å². The lowest BCUT2D eigenvalue weighted by atomic mass is 9.80. The van der Waals surface area contributed by atoms with Crippen LogP contribution in [0.5, 0.6) is 11.5 Å². The van der Waals surface area contributed by atoms with Crippen LogP contribution in [0.2, 0.25) is 18.1 Å². The number of aromatic carboxylic acids is 1. The summed E-state index contributed by atoms with van der Waals surface area (Å²) in [5.74, 6) is -0.816. The molecule has 9 nitrogen and oxygen atoms in total. The van der Waals surface area contributed by atoms with Crippen LogP contribution in [0.25, 0.3) is 0 Å². The Morgan fingerprint density at radius 3 is 1.77 bits per heavy atom. The minimum atomic E-state index is -2.38. The van der Waals surface area contributed by atoms with E-state index in [9.17, 15) is 19.5 Å². The van der Waals surface area contributed by atoms with Crippen LogP contribution in [0.4, 0.5) is 0 Å². The highest BCUT2D eigenvalue weighted by Crippen LogP contribution is 2.42. The molecule has 0 aliphatic rings. The van der Waals surface area contributed by atoms with Gasteiger partial charge in [-0.3, -0.25) is 4.79 Å². The van der Waals surface area contributed by atoms with E-state index < -0.39 is 31.9 Å². The summed E-state index contributed by atoms with van der Waals surface area (Å²) in [4.78, 5) is 40.7. The fraction of sp³-hybridized carbons (Fsp3) is 0.357. The van der Waals surface area contributed by atoms with E-state index >= 15 is 0 Å². The van der Waals surface area contributed by atoms with Gasteiger partial charge in [0.2, 0.25) is 14.2 Å². The molecule has 4 aromatic carbocycles. The third-order valence-electron chi connectivity index (χ3n) is 9.85. The number of nitrogens with zero attached hydrogens (tertiary/aromatic N) is 1. The second-order valence-corrected chi connectivity index (χ2v) is 20.0. The summed E-state index contributed by atoms with van der Waals surface area (Å²) in [6, 6.07) is 32.0. The Labute approximate surface area is 318 Å². The van der Waals surface area contributed by atoms with Crippen LogP contribution in [0.15, 0.2) is 103 Å². The number of rotatable bonds is 17. The van der Waals surface area contributed by atoms with E-state index in [2.05, 4.69) is 33.9 Å². The van der Waals surface area contributed by atoms with Gasteiger partial charge in [-0.05, 0) is 40.9 Å². The Balaban J connectivity index is 1.56. The van der Waals surface area contributed by atoms with Crippen molar-refractivity contribution in [2.45, 2.75) is 62.7 Å². The molecule has 53 heavy (non-hydrogen) atoms. The van der Waals surface area contributed by atoms with Crippen molar-refractivity contribution >= 4 is 37.9 Å². The van der Waals surface area contributed by atoms with Crippen LogP contribution in [-0.2, 0) is 30.4 Å². The molecule has 0 saturated heterocycles. The second-order valence-electron chi connectivity index (χ2n) is 14.3. The molecule has 0 spiro atoms. The van der Waals surface area contributed by atoms with Crippen LogP contribution in [0.1, 0.15) is 59.8 Å². The van der Waals surface area contributed by atoms with E-state index in [-0.39, 0.29) is 41.0 Å². The van der Waals surface area contributed by atoms with Gasteiger partial charge in [0.05, 0.1) is 32.8 Å². The lowest BCUT2D eigenvalue weighted by Gasteiger charge is -2.37. The molecule has 0 saturated carbocycles. The Kier molecular flexibility index (Phi) is 14.0. The summed E-state index contributed by atoms with van der Waals surface area (Å²) < 4.78 is 24.0. The van der Waals surface area contributed by atoms with E-state index in [1.54, 1.807) is 13.1 Å². The van der Waals surface area contributed by atoms with Crippen molar-refractivity contribution in [2.24, 2.45) is 0 Å². The molecule has 0 unspecified atom stereocenters. The van der Waals surface area contributed by atoms with Gasteiger partial charge in [0.1, 0.15) is 23.1 Å². The molecule has 4 rings (SSSR count). The van der Waals surface area contributed by atoms with Crippen molar-refractivity contribution < 1.29 is 38.1 Å². The third kappa shape index (κ3) is 9.70. The number of hydrogen-bond acceptors (Lipinski definition) is 8. The van der Waals surface area contributed by atoms with Crippen molar-refractivity contribution in [1.82, 2.24) is 4.90 Å². The standard InChI is InChI=1S/C42H51NO8SSi/c1-41(2,3)53(7,8)51-37-27-33(48-5)26-34(39(45)46)35(37)28-52-29-36(40(47)49-6)43(4)38(44)24-25-50-42(30-18-12-9-13-19-30,31-20-14-10-15-21-31)32-22-16-11-17-23-32/h9-23,26-27,36H,24-25,28-29H2,1-8H3,(H,45,46)/t36-/m0/s1. The molecule has 0 radical (unpaired) electrons. The van der Waals surface area contributed by atoms with Gasteiger partial charge in [0.15, 0.2) is 0 Å². The van der Waals surface area contributed by atoms with E-state index in [1.165, 1.54) is 36.9 Å². The number of methoxy groups -OCH3 is 2. The number of carbonyl (C=O) groups is 3. The van der Waals surface area contributed by atoms with Gasteiger partial charge < -0.3 is 28.6 Å². The van der Waals surface area contributed by atoms with Gasteiger partial charge >= 0.3 is 11.9 Å². The molecule has 1 atom stereocenters. The number of benzene rings is 4. The molecule has 1 N–H and O–H groups in total. The highest BCUT2D eigenvalue weighted by molar-refractivity contribution is 7.98. The summed E-state index contributed by atoms with van der Waals surface area (Å²) in [6.45, 7) is 10.6. The van der Waals surface area contributed by atoms with Gasteiger partial charge in [-0.15, -0.1) is 0 Å². The second kappa shape index (κ2) is 18.0. The Morgan fingerprint density at radius 1 is 0.830 bits per heavy atom. The zero-order valence-corrected chi connectivity index (χ0v) is 33.7. The number of hydrogen-bond donors (Lipinski definition) is 1. The predicted molar refractivity (Wildman–Crippen MR) is 212 cm³/mol. The highest BCUT2D eigenvalue weighted by atomic mass is 32.2. The third-order valence-corrected chi connectivity index (χ3v) is 15.2. The average molecular weight is 758 g/mol. The van der Waals surface area contributed by atoms with E-state index in [0.717, 1.165) is 16.7 Å². The number of esters is 1. The van der Waals surface area contributed by atoms with Crippen molar-refractivity contribution in [3.8, 4) is 11.5 Å². The quantitative estimate of drug-likeness (QED) is 0.0645. The number of likely N-dealkylation sites (N-methyl/N-ethyl adjacent to an activating group) is 1. The Morgan fingerprint density at radius 2 is 1.34 bits per heavy atom. The molecule has 282 valence electrons. The maximum atomic E-state index is 13.8. The van der Waals surface area contributed by atoms with E-state index in [4.69, 9.17) is 18.6 Å². The first-order valence-corrected chi connectivity index (χ1v) is 21.6. The number of thioether (sulfide) groups is 1. The molecule has 0 aliphatic heterocycles.